The Morgan fingerprint density at radius 3 is 2.81 bits per heavy atom. The largest absolute Gasteiger partial charge is 0.496 e. The van der Waals surface area contributed by atoms with Crippen molar-refractivity contribution < 1.29 is 14.3 Å². The number of imidazole rings is 1. The Hall–Kier alpha value is -2.65. The minimum absolute atomic E-state index is 0.0223. The predicted molar refractivity (Wildman–Crippen MR) is 121 cm³/mol. The lowest BCUT2D eigenvalue weighted by Crippen LogP contribution is -2.33. The van der Waals surface area contributed by atoms with Gasteiger partial charge in [-0.1, -0.05) is 0 Å². The Bertz CT molecular complexity index is 1100. The first-order valence-corrected chi connectivity index (χ1v) is 11.1. The van der Waals surface area contributed by atoms with Gasteiger partial charge in [0.25, 0.3) is 0 Å². The average molecular weight is 488 g/mol. The van der Waals surface area contributed by atoms with Gasteiger partial charge in [-0.2, -0.15) is 0 Å². The number of rotatable bonds is 7. The van der Waals surface area contributed by atoms with Crippen molar-refractivity contribution in [2.45, 2.75) is 37.6 Å². The fourth-order valence-corrected chi connectivity index (χ4v) is 4.62. The molecule has 2 unspecified atom stereocenters. The van der Waals surface area contributed by atoms with E-state index in [2.05, 4.69) is 21.2 Å². The molecule has 31 heavy (non-hydrogen) atoms. The molecule has 0 radical (unpaired) electrons. The summed E-state index contributed by atoms with van der Waals surface area (Å²) in [6, 6.07) is 5.98. The molecule has 4 rings (SSSR count). The average Bonchev–Trinajstić information content (AvgIpc) is 3.40. The Kier molecular flexibility index (Phi) is 6.43. The van der Waals surface area contributed by atoms with Gasteiger partial charge in [0.1, 0.15) is 11.5 Å². The number of nitrogens with zero attached hydrogens (tertiary/aromatic N) is 3. The van der Waals surface area contributed by atoms with Crippen LogP contribution in [0.15, 0.2) is 35.1 Å². The molecule has 9 heteroatoms. The van der Waals surface area contributed by atoms with E-state index in [1.165, 1.54) is 0 Å². The number of methoxy groups -OCH3 is 2. The summed E-state index contributed by atoms with van der Waals surface area (Å²) in [4.78, 5) is 21.4. The summed E-state index contributed by atoms with van der Waals surface area (Å²) in [5.41, 5.74) is 8.09. The molecule has 1 amide bonds. The Labute approximate surface area is 189 Å². The van der Waals surface area contributed by atoms with Gasteiger partial charge in [-0.3, -0.25) is 9.20 Å². The molecule has 1 aliphatic carbocycles. The minimum atomic E-state index is 0.0223. The second kappa shape index (κ2) is 9.23. The molecule has 2 atom stereocenters. The standard InChI is InChI=1S/C22H26BrN5O3/c1-30-19-11-20(31-2)16(23)10-15(19)18-12-28-8-6-17(26-22(28)27-18)13-3-4-14(9-13)25-21(29)5-7-24/h6,8,10-14H,3-5,7,9,24H2,1-2H3,(H,25,29). The zero-order valence-corrected chi connectivity index (χ0v) is 19.2. The molecule has 0 aliphatic heterocycles. The molecule has 3 N–H and O–H groups in total. The Morgan fingerprint density at radius 2 is 2.06 bits per heavy atom. The number of fused-ring (bicyclic) bond motifs is 1. The molecular formula is C22H26BrN5O3. The number of carbonyl (C=O) groups excluding carboxylic acids is 1. The van der Waals surface area contributed by atoms with Crippen LogP contribution in [-0.4, -0.2) is 47.1 Å². The highest BCUT2D eigenvalue weighted by molar-refractivity contribution is 9.10. The number of nitrogens with two attached hydrogens (primary N) is 1. The monoisotopic (exact) mass is 487 g/mol. The fourth-order valence-electron chi connectivity index (χ4n) is 4.12. The van der Waals surface area contributed by atoms with Crippen molar-refractivity contribution >= 4 is 27.6 Å². The molecule has 0 bridgehead atoms. The molecule has 1 fully saturated rings. The van der Waals surface area contributed by atoms with Gasteiger partial charge in [0.2, 0.25) is 11.7 Å². The lowest BCUT2D eigenvalue weighted by Gasteiger charge is -2.13. The van der Waals surface area contributed by atoms with Gasteiger partial charge in [0.15, 0.2) is 0 Å². The van der Waals surface area contributed by atoms with Crippen LogP contribution in [0.3, 0.4) is 0 Å². The molecule has 3 aromatic rings. The minimum Gasteiger partial charge on any atom is -0.496 e. The number of halogens is 1. The Balaban J connectivity index is 1.57. The molecule has 2 heterocycles. The number of ether oxygens (including phenoxy) is 2. The van der Waals surface area contributed by atoms with E-state index in [4.69, 9.17) is 25.2 Å². The van der Waals surface area contributed by atoms with E-state index in [0.717, 1.165) is 40.7 Å². The quantitative estimate of drug-likeness (QED) is 0.529. The zero-order chi connectivity index (χ0) is 22.0. The highest BCUT2D eigenvalue weighted by Gasteiger charge is 2.28. The van der Waals surface area contributed by atoms with Gasteiger partial charge in [-0.05, 0) is 47.3 Å². The van der Waals surface area contributed by atoms with Crippen LogP contribution in [-0.2, 0) is 4.79 Å². The maximum Gasteiger partial charge on any atom is 0.234 e. The van der Waals surface area contributed by atoms with Crippen molar-refractivity contribution in [1.82, 2.24) is 19.7 Å². The topological polar surface area (TPSA) is 104 Å². The van der Waals surface area contributed by atoms with E-state index in [-0.39, 0.29) is 11.9 Å². The Morgan fingerprint density at radius 1 is 1.26 bits per heavy atom. The zero-order valence-electron chi connectivity index (χ0n) is 17.6. The molecule has 1 saturated carbocycles. The van der Waals surface area contributed by atoms with Crippen molar-refractivity contribution in [3.63, 3.8) is 0 Å². The van der Waals surface area contributed by atoms with Crippen LogP contribution in [0, 0.1) is 0 Å². The van der Waals surface area contributed by atoms with Crippen LogP contribution >= 0.6 is 15.9 Å². The van der Waals surface area contributed by atoms with E-state index in [1.807, 2.05) is 35.0 Å². The van der Waals surface area contributed by atoms with Crippen LogP contribution in [0.1, 0.15) is 37.3 Å². The normalized spacial score (nSPS) is 18.3. The maximum absolute atomic E-state index is 11.8. The molecule has 164 valence electrons. The first-order valence-electron chi connectivity index (χ1n) is 10.3. The fraction of sp³-hybridized carbons (Fsp3) is 0.409. The van der Waals surface area contributed by atoms with E-state index in [1.54, 1.807) is 14.2 Å². The highest BCUT2D eigenvalue weighted by atomic mass is 79.9. The third-order valence-corrected chi connectivity index (χ3v) is 6.30. The van der Waals surface area contributed by atoms with Gasteiger partial charge >= 0.3 is 0 Å². The van der Waals surface area contributed by atoms with E-state index in [9.17, 15) is 4.79 Å². The number of benzene rings is 1. The van der Waals surface area contributed by atoms with Crippen molar-refractivity contribution in [2.24, 2.45) is 5.73 Å². The number of nitrogens with one attached hydrogen (secondary N) is 1. The summed E-state index contributed by atoms with van der Waals surface area (Å²) in [5, 5.41) is 3.07. The highest BCUT2D eigenvalue weighted by Crippen LogP contribution is 2.38. The summed E-state index contributed by atoms with van der Waals surface area (Å²) in [7, 11) is 3.24. The molecule has 1 aromatic carbocycles. The van der Waals surface area contributed by atoms with Gasteiger partial charge in [-0.25, -0.2) is 9.97 Å². The first kappa shape index (κ1) is 21.6. The van der Waals surface area contributed by atoms with E-state index >= 15 is 0 Å². The predicted octanol–water partition coefficient (Wildman–Crippen LogP) is 3.28. The van der Waals surface area contributed by atoms with Gasteiger partial charge in [0, 0.05) is 54.6 Å². The first-order chi connectivity index (χ1) is 15.0. The number of hydrogen-bond donors (Lipinski definition) is 2. The van der Waals surface area contributed by atoms with Gasteiger partial charge < -0.3 is 20.5 Å². The molecular weight excluding hydrogens is 462 g/mol. The van der Waals surface area contributed by atoms with Crippen LogP contribution in [0.25, 0.3) is 17.0 Å². The summed E-state index contributed by atoms with van der Waals surface area (Å²) >= 11 is 3.53. The van der Waals surface area contributed by atoms with Crippen molar-refractivity contribution in [2.75, 3.05) is 20.8 Å². The third-order valence-electron chi connectivity index (χ3n) is 5.69. The second-order valence-electron chi connectivity index (χ2n) is 7.69. The number of carbonyl (C=O) groups is 1. The van der Waals surface area contributed by atoms with E-state index < -0.39 is 0 Å². The van der Waals surface area contributed by atoms with Gasteiger partial charge in [0.05, 0.1) is 24.4 Å². The van der Waals surface area contributed by atoms with Crippen LogP contribution in [0.4, 0.5) is 0 Å². The lowest BCUT2D eigenvalue weighted by atomic mass is 10.0. The van der Waals surface area contributed by atoms with Crippen molar-refractivity contribution in [3.05, 3.63) is 40.8 Å². The molecule has 8 nitrogen and oxygen atoms in total. The van der Waals surface area contributed by atoms with Crippen LogP contribution in [0.5, 0.6) is 11.5 Å². The van der Waals surface area contributed by atoms with Gasteiger partial charge in [-0.15, -0.1) is 0 Å². The smallest absolute Gasteiger partial charge is 0.234 e. The summed E-state index contributed by atoms with van der Waals surface area (Å²) < 4.78 is 13.6. The molecule has 1 aliphatic rings. The number of aromatic nitrogens is 3. The molecule has 0 spiro atoms. The van der Waals surface area contributed by atoms with Crippen LogP contribution in [0.2, 0.25) is 0 Å². The van der Waals surface area contributed by atoms with Crippen molar-refractivity contribution in [3.8, 4) is 22.8 Å². The van der Waals surface area contributed by atoms with Crippen molar-refractivity contribution in [1.29, 1.82) is 0 Å². The second-order valence-corrected chi connectivity index (χ2v) is 8.54. The molecule has 2 aromatic heterocycles. The molecule has 0 saturated heterocycles. The van der Waals surface area contributed by atoms with E-state index in [0.29, 0.717) is 36.2 Å². The number of amides is 1. The summed E-state index contributed by atoms with van der Waals surface area (Å²) in [5.74, 6) is 2.33. The third kappa shape index (κ3) is 4.52. The summed E-state index contributed by atoms with van der Waals surface area (Å²) in [6.45, 7) is 0.373. The van der Waals surface area contributed by atoms with Crippen LogP contribution < -0.4 is 20.5 Å². The summed E-state index contributed by atoms with van der Waals surface area (Å²) in [6.07, 6.45) is 7.11. The maximum atomic E-state index is 11.8. The SMILES string of the molecule is COc1cc(OC)c(-c2cn3ccc(C4CCC(NC(=O)CCN)C4)nc3n2)cc1Br. The lowest BCUT2D eigenvalue weighted by molar-refractivity contribution is -0.121. The number of hydrogen-bond acceptors (Lipinski definition) is 6.